The molecule has 0 heterocycles. The predicted molar refractivity (Wildman–Crippen MR) is 68.0 cm³/mol. The van der Waals surface area contributed by atoms with Gasteiger partial charge in [0.1, 0.15) is 0 Å². The average molecular weight is 194 g/mol. The molecule has 0 radical (unpaired) electrons. The first-order valence-electron chi connectivity index (χ1n) is 5.36. The van der Waals surface area contributed by atoms with Crippen LogP contribution in [0.3, 0.4) is 0 Å². The number of rotatable bonds is 2. The standard InChI is InChI=1S/C11H16.C2H6.CH4/c1-4-10-7-6-9(3)8-11(10)5-2;1-2;/h6-8H,4-5H2,1-3H3;1-2H3;1H4. The van der Waals surface area contributed by atoms with Crippen molar-refractivity contribution in [3.63, 3.8) is 0 Å². The van der Waals surface area contributed by atoms with E-state index in [0.29, 0.717) is 0 Å². The molecule has 0 amide bonds. The van der Waals surface area contributed by atoms with Gasteiger partial charge in [-0.05, 0) is 30.9 Å². The summed E-state index contributed by atoms with van der Waals surface area (Å²) in [6.07, 6.45) is 2.31. The summed E-state index contributed by atoms with van der Waals surface area (Å²) in [4.78, 5) is 0. The number of hydrogen-bond acceptors (Lipinski definition) is 0. The first-order chi connectivity index (χ1) is 6.27. The topological polar surface area (TPSA) is 0 Å². The molecule has 0 aromatic heterocycles. The van der Waals surface area contributed by atoms with Crippen LogP contribution in [0.4, 0.5) is 0 Å². The molecule has 1 rings (SSSR count). The van der Waals surface area contributed by atoms with Gasteiger partial charge in [0.2, 0.25) is 0 Å². The summed E-state index contributed by atoms with van der Waals surface area (Å²) < 4.78 is 0. The molecule has 1 aromatic carbocycles. The highest BCUT2D eigenvalue weighted by Crippen LogP contribution is 2.12. The van der Waals surface area contributed by atoms with E-state index < -0.39 is 0 Å². The molecular formula is C14H26. The Morgan fingerprint density at radius 1 is 0.929 bits per heavy atom. The van der Waals surface area contributed by atoms with E-state index in [9.17, 15) is 0 Å². The highest BCUT2D eigenvalue weighted by Gasteiger charge is 1.96. The van der Waals surface area contributed by atoms with Gasteiger partial charge in [0.15, 0.2) is 0 Å². The van der Waals surface area contributed by atoms with Crippen LogP contribution in [0.5, 0.6) is 0 Å². The second-order valence-corrected chi connectivity index (χ2v) is 2.98. The van der Waals surface area contributed by atoms with Crippen LogP contribution in [0.25, 0.3) is 0 Å². The fraction of sp³-hybridized carbons (Fsp3) is 0.571. The first kappa shape index (κ1) is 15.7. The van der Waals surface area contributed by atoms with E-state index in [1.54, 1.807) is 0 Å². The van der Waals surface area contributed by atoms with Gasteiger partial charge in [0, 0.05) is 0 Å². The van der Waals surface area contributed by atoms with E-state index >= 15 is 0 Å². The molecule has 14 heavy (non-hydrogen) atoms. The minimum Gasteiger partial charge on any atom is -0.0776 e. The molecule has 1 aromatic rings. The quantitative estimate of drug-likeness (QED) is 0.635. The van der Waals surface area contributed by atoms with Crippen molar-refractivity contribution >= 4 is 0 Å². The highest BCUT2D eigenvalue weighted by atomic mass is 14.0. The molecule has 0 atom stereocenters. The van der Waals surface area contributed by atoms with Crippen LogP contribution >= 0.6 is 0 Å². The molecule has 82 valence electrons. The molecule has 0 spiro atoms. The summed E-state index contributed by atoms with van der Waals surface area (Å²) in [5.74, 6) is 0. The lowest BCUT2D eigenvalue weighted by atomic mass is 10.0. The average Bonchev–Trinajstić information content (AvgIpc) is 2.20. The van der Waals surface area contributed by atoms with E-state index in [1.807, 2.05) is 13.8 Å². The SMILES string of the molecule is C.CC.CCc1ccc(C)cc1CC. The molecule has 0 aliphatic heterocycles. The van der Waals surface area contributed by atoms with Gasteiger partial charge in [-0.2, -0.15) is 0 Å². The maximum Gasteiger partial charge on any atom is -0.0305 e. The van der Waals surface area contributed by atoms with E-state index in [-0.39, 0.29) is 7.43 Å². The Bertz CT molecular complexity index is 236. The molecule has 0 bridgehead atoms. The van der Waals surface area contributed by atoms with Crippen molar-refractivity contribution < 1.29 is 0 Å². The smallest absolute Gasteiger partial charge is 0.0305 e. The lowest BCUT2D eigenvalue weighted by Crippen LogP contribution is -1.90. The molecule has 0 saturated heterocycles. The maximum atomic E-state index is 2.29. The molecule has 0 nitrogen and oxygen atoms in total. The number of aryl methyl sites for hydroxylation is 3. The van der Waals surface area contributed by atoms with E-state index in [2.05, 4.69) is 39.0 Å². The normalized spacial score (nSPS) is 8.36. The minimum atomic E-state index is 0. The monoisotopic (exact) mass is 194 g/mol. The highest BCUT2D eigenvalue weighted by molar-refractivity contribution is 5.31. The summed E-state index contributed by atoms with van der Waals surface area (Å²) >= 11 is 0. The lowest BCUT2D eigenvalue weighted by Gasteiger charge is -2.05. The van der Waals surface area contributed by atoms with Gasteiger partial charge in [-0.3, -0.25) is 0 Å². The van der Waals surface area contributed by atoms with Crippen molar-refractivity contribution in [1.29, 1.82) is 0 Å². The van der Waals surface area contributed by atoms with Crippen LogP contribution in [0.15, 0.2) is 18.2 Å². The van der Waals surface area contributed by atoms with Gasteiger partial charge < -0.3 is 0 Å². The van der Waals surface area contributed by atoms with Crippen LogP contribution in [0.1, 0.15) is 51.8 Å². The Balaban J connectivity index is 0. The van der Waals surface area contributed by atoms with Crippen molar-refractivity contribution in [3.05, 3.63) is 34.9 Å². The van der Waals surface area contributed by atoms with Gasteiger partial charge in [0.05, 0.1) is 0 Å². The van der Waals surface area contributed by atoms with Crippen molar-refractivity contribution in [1.82, 2.24) is 0 Å². The van der Waals surface area contributed by atoms with E-state index in [1.165, 1.54) is 16.7 Å². The largest absolute Gasteiger partial charge is 0.0776 e. The van der Waals surface area contributed by atoms with Gasteiger partial charge in [-0.1, -0.05) is 58.9 Å². The summed E-state index contributed by atoms with van der Waals surface area (Å²) in [6.45, 7) is 10.6. The fourth-order valence-electron chi connectivity index (χ4n) is 1.43. The van der Waals surface area contributed by atoms with Gasteiger partial charge in [0.25, 0.3) is 0 Å². The second-order valence-electron chi connectivity index (χ2n) is 2.98. The molecule has 0 N–H and O–H groups in total. The van der Waals surface area contributed by atoms with Gasteiger partial charge in [-0.25, -0.2) is 0 Å². The molecule has 0 unspecified atom stereocenters. The van der Waals surface area contributed by atoms with Crippen molar-refractivity contribution in [3.8, 4) is 0 Å². The summed E-state index contributed by atoms with van der Waals surface area (Å²) in [5.41, 5.74) is 4.38. The van der Waals surface area contributed by atoms with Crippen LogP contribution in [0.2, 0.25) is 0 Å². The number of benzene rings is 1. The zero-order valence-corrected chi connectivity index (χ0v) is 9.65. The number of hydrogen-bond donors (Lipinski definition) is 0. The van der Waals surface area contributed by atoms with Crippen molar-refractivity contribution in [2.75, 3.05) is 0 Å². The molecule has 0 heteroatoms. The van der Waals surface area contributed by atoms with Gasteiger partial charge in [-0.15, -0.1) is 0 Å². The lowest BCUT2D eigenvalue weighted by molar-refractivity contribution is 1.03. The molecular weight excluding hydrogens is 168 g/mol. The Labute approximate surface area is 90.4 Å². The Hall–Kier alpha value is -0.780. The summed E-state index contributed by atoms with van der Waals surface area (Å²) in [6, 6.07) is 6.73. The van der Waals surface area contributed by atoms with Crippen molar-refractivity contribution in [2.24, 2.45) is 0 Å². The molecule has 0 aliphatic carbocycles. The zero-order chi connectivity index (χ0) is 10.3. The van der Waals surface area contributed by atoms with Crippen LogP contribution < -0.4 is 0 Å². The Morgan fingerprint density at radius 2 is 1.43 bits per heavy atom. The summed E-state index contributed by atoms with van der Waals surface area (Å²) in [5, 5.41) is 0. The molecule has 0 saturated carbocycles. The zero-order valence-electron chi connectivity index (χ0n) is 9.65. The predicted octanol–water partition coefficient (Wildman–Crippen LogP) is 4.78. The molecule has 0 aliphatic rings. The van der Waals surface area contributed by atoms with Gasteiger partial charge >= 0.3 is 0 Å². The molecule has 0 fully saturated rings. The third-order valence-electron chi connectivity index (χ3n) is 2.12. The summed E-state index contributed by atoms with van der Waals surface area (Å²) in [7, 11) is 0. The van der Waals surface area contributed by atoms with Crippen LogP contribution in [0, 0.1) is 6.92 Å². The van der Waals surface area contributed by atoms with E-state index in [4.69, 9.17) is 0 Å². The first-order valence-corrected chi connectivity index (χ1v) is 5.36. The van der Waals surface area contributed by atoms with Crippen LogP contribution in [-0.2, 0) is 12.8 Å². The minimum absolute atomic E-state index is 0. The maximum absolute atomic E-state index is 2.29. The van der Waals surface area contributed by atoms with Crippen molar-refractivity contribution in [2.45, 2.75) is 54.9 Å². The second kappa shape index (κ2) is 8.80. The Morgan fingerprint density at radius 3 is 1.86 bits per heavy atom. The fourth-order valence-corrected chi connectivity index (χ4v) is 1.43. The third-order valence-corrected chi connectivity index (χ3v) is 2.12. The van der Waals surface area contributed by atoms with Crippen LogP contribution in [-0.4, -0.2) is 0 Å². The third kappa shape index (κ3) is 4.45. The van der Waals surface area contributed by atoms with E-state index in [0.717, 1.165) is 12.8 Å². The Kier molecular flexibility index (Phi) is 9.86.